The number of carbonyl (C=O) groups excluding carboxylic acids is 2. The van der Waals surface area contributed by atoms with E-state index in [0.29, 0.717) is 23.7 Å². The number of hydrogen-bond acceptors (Lipinski definition) is 4. The highest BCUT2D eigenvalue weighted by atomic mass is 16.5. The average molecular weight is 306 g/mol. The van der Waals surface area contributed by atoms with Gasteiger partial charge in [-0.05, 0) is 26.0 Å². The van der Waals surface area contributed by atoms with Gasteiger partial charge in [-0.15, -0.1) is 0 Å². The fraction of sp³-hybridized carbons (Fsp3) is 0.500. The van der Waals surface area contributed by atoms with Crippen LogP contribution < -0.4 is 14.8 Å². The summed E-state index contributed by atoms with van der Waals surface area (Å²) in [4.78, 5) is 26.0. The van der Waals surface area contributed by atoms with Crippen LogP contribution in [0.3, 0.4) is 0 Å². The van der Waals surface area contributed by atoms with Gasteiger partial charge in [0.1, 0.15) is 11.5 Å². The first-order chi connectivity index (χ1) is 10.5. The third-order valence-electron chi connectivity index (χ3n) is 3.82. The summed E-state index contributed by atoms with van der Waals surface area (Å²) in [6.45, 7) is 4.35. The van der Waals surface area contributed by atoms with Crippen LogP contribution in [0.4, 0.5) is 5.69 Å². The topological polar surface area (TPSA) is 67.9 Å². The summed E-state index contributed by atoms with van der Waals surface area (Å²) in [6, 6.07) is 5.30. The van der Waals surface area contributed by atoms with E-state index in [0.717, 1.165) is 0 Å². The normalized spacial score (nSPS) is 17.8. The minimum absolute atomic E-state index is 0.0211. The molecule has 2 amide bonds. The Kier molecular flexibility index (Phi) is 4.90. The summed E-state index contributed by atoms with van der Waals surface area (Å²) in [5.74, 6) is 0.684. The smallest absolute Gasteiger partial charge is 0.229 e. The van der Waals surface area contributed by atoms with E-state index in [1.54, 1.807) is 30.2 Å². The number of hydrogen-bond donors (Lipinski definition) is 1. The predicted octanol–water partition coefficient (Wildman–Crippen LogP) is 1.90. The Labute approximate surface area is 130 Å². The van der Waals surface area contributed by atoms with Gasteiger partial charge in [0.2, 0.25) is 11.8 Å². The molecule has 22 heavy (non-hydrogen) atoms. The van der Waals surface area contributed by atoms with Gasteiger partial charge in [-0.1, -0.05) is 0 Å². The quantitative estimate of drug-likeness (QED) is 0.902. The highest BCUT2D eigenvalue weighted by Crippen LogP contribution is 2.30. The fourth-order valence-electron chi connectivity index (χ4n) is 2.55. The second-order valence-corrected chi connectivity index (χ2v) is 5.60. The van der Waals surface area contributed by atoms with Crippen molar-refractivity contribution in [2.24, 2.45) is 5.92 Å². The zero-order chi connectivity index (χ0) is 16.3. The maximum absolute atomic E-state index is 12.4. The molecule has 0 radical (unpaired) electrons. The van der Waals surface area contributed by atoms with E-state index in [1.807, 2.05) is 13.8 Å². The molecule has 0 aliphatic carbocycles. The van der Waals surface area contributed by atoms with Crippen molar-refractivity contribution < 1.29 is 19.1 Å². The van der Waals surface area contributed by atoms with Gasteiger partial charge in [-0.25, -0.2) is 0 Å². The highest BCUT2D eigenvalue weighted by molar-refractivity contribution is 5.98. The van der Waals surface area contributed by atoms with Crippen molar-refractivity contribution >= 4 is 17.5 Å². The maximum Gasteiger partial charge on any atom is 0.229 e. The highest BCUT2D eigenvalue weighted by Gasteiger charge is 2.35. The lowest BCUT2D eigenvalue weighted by atomic mass is 10.1. The Morgan fingerprint density at radius 1 is 1.32 bits per heavy atom. The first kappa shape index (κ1) is 16.1. The third kappa shape index (κ3) is 3.32. The second kappa shape index (κ2) is 6.68. The summed E-state index contributed by atoms with van der Waals surface area (Å²) in [7, 11) is 3.10. The van der Waals surface area contributed by atoms with E-state index in [1.165, 1.54) is 7.11 Å². The molecular formula is C16H22N2O4. The average Bonchev–Trinajstić information content (AvgIpc) is 2.89. The predicted molar refractivity (Wildman–Crippen MR) is 83.1 cm³/mol. The van der Waals surface area contributed by atoms with Crippen LogP contribution in [0.25, 0.3) is 0 Å². The molecule has 1 saturated heterocycles. The maximum atomic E-state index is 12.4. The first-order valence-electron chi connectivity index (χ1n) is 7.28. The van der Waals surface area contributed by atoms with Crippen LogP contribution in [0, 0.1) is 5.92 Å². The Balaban J connectivity index is 2.11. The summed E-state index contributed by atoms with van der Waals surface area (Å²) in [5, 5.41) is 2.84. The minimum Gasteiger partial charge on any atom is -0.497 e. The summed E-state index contributed by atoms with van der Waals surface area (Å²) in [6.07, 6.45) is 0.246. The molecule has 6 nitrogen and oxygen atoms in total. The zero-order valence-electron chi connectivity index (χ0n) is 13.4. The lowest BCUT2D eigenvalue weighted by Crippen LogP contribution is -2.33. The molecule has 1 aliphatic rings. The standard InChI is InChI=1S/C16H22N2O4/c1-10(2)18-9-11(7-15(18)19)16(20)17-13-8-12(21-3)5-6-14(13)22-4/h5-6,8,10-11H,7,9H2,1-4H3,(H,17,20)/t11-/m0/s1. The molecule has 0 unspecified atom stereocenters. The van der Waals surface area contributed by atoms with E-state index in [4.69, 9.17) is 9.47 Å². The number of amides is 2. The number of likely N-dealkylation sites (tertiary alicyclic amines) is 1. The van der Waals surface area contributed by atoms with Crippen molar-refractivity contribution in [1.82, 2.24) is 4.90 Å². The Bertz CT molecular complexity index is 571. The molecule has 1 N–H and O–H groups in total. The van der Waals surface area contributed by atoms with Crippen LogP contribution in [0.5, 0.6) is 11.5 Å². The third-order valence-corrected chi connectivity index (χ3v) is 3.82. The fourth-order valence-corrected chi connectivity index (χ4v) is 2.55. The van der Waals surface area contributed by atoms with Crippen molar-refractivity contribution in [1.29, 1.82) is 0 Å². The number of carbonyl (C=O) groups is 2. The molecule has 1 atom stereocenters. The summed E-state index contributed by atoms with van der Waals surface area (Å²) in [5.41, 5.74) is 0.544. The van der Waals surface area contributed by atoms with Gasteiger partial charge in [-0.2, -0.15) is 0 Å². The molecule has 1 aromatic rings. The van der Waals surface area contributed by atoms with Crippen molar-refractivity contribution in [3.63, 3.8) is 0 Å². The second-order valence-electron chi connectivity index (χ2n) is 5.60. The van der Waals surface area contributed by atoms with Gasteiger partial charge in [0, 0.05) is 25.1 Å². The van der Waals surface area contributed by atoms with Gasteiger partial charge in [0.05, 0.1) is 25.8 Å². The van der Waals surface area contributed by atoms with Gasteiger partial charge in [0.25, 0.3) is 0 Å². The minimum atomic E-state index is -0.342. The van der Waals surface area contributed by atoms with Crippen molar-refractivity contribution in [2.75, 3.05) is 26.1 Å². The van der Waals surface area contributed by atoms with Gasteiger partial charge < -0.3 is 19.7 Å². The molecule has 2 rings (SSSR count). The number of nitrogens with zero attached hydrogens (tertiary/aromatic N) is 1. The Hall–Kier alpha value is -2.24. The number of anilines is 1. The summed E-state index contributed by atoms with van der Waals surface area (Å²) >= 11 is 0. The lowest BCUT2D eigenvalue weighted by molar-refractivity contribution is -0.129. The van der Waals surface area contributed by atoms with Gasteiger partial charge in [-0.3, -0.25) is 9.59 Å². The number of benzene rings is 1. The largest absolute Gasteiger partial charge is 0.497 e. The molecule has 0 aromatic heterocycles. The van der Waals surface area contributed by atoms with Crippen LogP contribution in [0.15, 0.2) is 18.2 Å². The molecule has 1 fully saturated rings. The number of ether oxygens (including phenoxy) is 2. The Morgan fingerprint density at radius 2 is 2.05 bits per heavy atom. The molecule has 6 heteroatoms. The molecule has 1 aliphatic heterocycles. The van der Waals surface area contributed by atoms with Crippen molar-refractivity contribution in [3.8, 4) is 11.5 Å². The number of rotatable bonds is 5. The number of nitrogens with one attached hydrogen (secondary N) is 1. The molecule has 1 heterocycles. The van der Waals surface area contributed by atoms with E-state index in [-0.39, 0.29) is 30.2 Å². The van der Waals surface area contributed by atoms with Crippen molar-refractivity contribution in [3.05, 3.63) is 18.2 Å². The van der Waals surface area contributed by atoms with E-state index in [2.05, 4.69) is 5.32 Å². The number of methoxy groups -OCH3 is 2. The van der Waals surface area contributed by atoms with E-state index in [9.17, 15) is 9.59 Å². The van der Waals surface area contributed by atoms with Gasteiger partial charge in [0.15, 0.2) is 0 Å². The van der Waals surface area contributed by atoms with Gasteiger partial charge >= 0.3 is 0 Å². The van der Waals surface area contributed by atoms with Crippen LogP contribution in [-0.2, 0) is 9.59 Å². The van der Waals surface area contributed by atoms with Crippen LogP contribution >= 0.6 is 0 Å². The summed E-state index contributed by atoms with van der Waals surface area (Å²) < 4.78 is 10.4. The SMILES string of the molecule is COc1ccc(OC)c(NC(=O)[C@H]2CC(=O)N(C(C)C)C2)c1. The molecule has 1 aromatic carbocycles. The zero-order valence-corrected chi connectivity index (χ0v) is 13.4. The Morgan fingerprint density at radius 3 is 2.59 bits per heavy atom. The molecule has 0 spiro atoms. The monoisotopic (exact) mass is 306 g/mol. The molecule has 120 valence electrons. The van der Waals surface area contributed by atoms with Crippen molar-refractivity contribution in [2.45, 2.75) is 26.3 Å². The van der Waals surface area contributed by atoms with Crippen LogP contribution in [-0.4, -0.2) is 43.5 Å². The van der Waals surface area contributed by atoms with Crippen LogP contribution in [0.2, 0.25) is 0 Å². The molecular weight excluding hydrogens is 284 g/mol. The lowest BCUT2D eigenvalue weighted by Gasteiger charge is -2.20. The molecule has 0 bridgehead atoms. The molecule has 0 saturated carbocycles. The van der Waals surface area contributed by atoms with Crippen LogP contribution in [0.1, 0.15) is 20.3 Å². The first-order valence-corrected chi connectivity index (χ1v) is 7.28. The van der Waals surface area contributed by atoms with E-state index < -0.39 is 0 Å². The van der Waals surface area contributed by atoms with E-state index >= 15 is 0 Å².